The fourth-order valence-corrected chi connectivity index (χ4v) is 1.89. The van der Waals surface area contributed by atoms with Crippen LogP contribution in [0.2, 0.25) is 5.02 Å². The summed E-state index contributed by atoms with van der Waals surface area (Å²) < 4.78 is 13.0. The Morgan fingerprint density at radius 3 is 2.50 bits per heavy atom. The highest BCUT2D eigenvalue weighted by molar-refractivity contribution is 7.80. The second-order valence-electron chi connectivity index (χ2n) is 3.90. The Labute approximate surface area is 125 Å². The van der Waals surface area contributed by atoms with Crippen LogP contribution in [0.1, 0.15) is 10.4 Å². The van der Waals surface area contributed by atoms with E-state index in [0.29, 0.717) is 11.3 Å². The first kappa shape index (κ1) is 14.4. The van der Waals surface area contributed by atoms with Crippen LogP contribution in [0.25, 0.3) is 0 Å². The summed E-state index contributed by atoms with van der Waals surface area (Å²) in [4.78, 5) is 11.8. The van der Waals surface area contributed by atoms with E-state index < -0.39 is 5.82 Å². The first-order valence-corrected chi connectivity index (χ1v) is 6.47. The molecule has 0 aliphatic heterocycles. The van der Waals surface area contributed by atoms with E-state index in [2.05, 4.69) is 10.6 Å². The summed E-state index contributed by atoms with van der Waals surface area (Å²) in [5.41, 5.74) is 0.989. The standard InChI is InChI=1S/C14H10ClFN2OS/c15-11-8-10(6-7-12(11)16)17-14(20)18-13(19)9-4-2-1-3-5-9/h1-8H,(H2,17,18,19,20). The van der Waals surface area contributed by atoms with E-state index in [1.807, 2.05) is 6.07 Å². The lowest BCUT2D eigenvalue weighted by Crippen LogP contribution is -2.34. The Kier molecular flexibility index (Phi) is 4.65. The maximum atomic E-state index is 13.0. The summed E-state index contributed by atoms with van der Waals surface area (Å²) in [5, 5.41) is 5.37. The molecule has 1 amide bonds. The van der Waals surface area contributed by atoms with Crippen molar-refractivity contribution in [2.24, 2.45) is 0 Å². The van der Waals surface area contributed by atoms with Crippen molar-refractivity contribution in [2.75, 3.05) is 5.32 Å². The number of carbonyl (C=O) groups is 1. The number of carbonyl (C=O) groups excluding carboxylic acids is 1. The molecule has 2 rings (SSSR count). The van der Waals surface area contributed by atoms with Gasteiger partial charge in [-0.1, -0.05) is 29.8 Å². The molecule has 102 valence electrons. The summed E-state index contributed by atoms with van der Waals surface area (Å²) >= 11 is 10.7. The zero-order valence-electron chi connectivity index (χ0n) is 10.2. The molecular weight excluding hydrogens is 299 g/mol. The second-order valence-corrected chi connectivity index (χ2v) is 4.72. The normalized spacial score (nSPS) is 9.90. The lowest BCUT2D eigenvalue weighted by molar-refractivity contribution is 0.0977. The smallest absolute Gasteiger partial charge is 0.257 e. The van der Waals surface area contributed by atoms with E-state index in [1.165, 1.54) is 18.2 Å². The maximum absolute atomic E-state index is 13.0. The Morgan fingerprint density at radius 1 is 1.15 bits per heavy atom. The molecule has 3 nitrogen and oxygen atoms in total. The molecule has 0 atom stereocenters. The number of hydrogen-bond donors (Lipinski definition) is 2. The molecule has 0 aromatic heterocycles. The van der Waals surface area contributed by atoms with Gasteiger partial charge in [0.1, 0.15) is 5.82 Å². The summed E-state index contributed by atoms with van der Waals surface area (Å²) in [6, 6.07) is 12.7. The average molecular weight is 309 g/mol. The van der Waals surface area contributed by atoms with E-state index in [0.717, 1.165) is 0 Å². The van der Waals surface area contributed by atoms with Gasteiger partial charge >= 0.3 is 0 Å². The van der Waals surface area contributed by atoms with Crippen molar-refractivity contribution in [1.82, 2.24) is 5.32 Å². The lowest BCUT2D eigenvalue weighted by Gasteiger charge is -2.10. The predicted octanol–water partition coefficient (Wildman–Crippen LogP) is 3.61. The highest BCUT2D eigenvalue weighted by Crippen LogP contribution is 2.19. The fraction of sp³-hybridized carbons (Fsp3) is 0. The quantitative estimate of drug-likeness (QED) is 0.833. The highest BCUT2D eigenvalue weighted by Gasteiger charge is 2.08. The van der Waals surface area contributed by atoms with Gasteiger partial charge in [-0.15, -0.1) is 0 Å². The third-order valence-electron chi connectivity index (χ3n) is 2.44. The van der Waals surface area contributed by atoms with Crippen molar-refractivity contribution >= 4 is 40.5 Å². The van der Waals surface area contributed by atoms with Crippen molar-refractivity contribution in [2.45, 2.75) is 0 Å². The molecule has 0 radical (unpaired) electrons. The molecule has 2 N–H and O–H groups in total. The predicted molar refractivity (Wildman–Crippen MR) is 81.5 cm³/mol. The molecular formula is C14H10ClFN2OS. The van der Waals surface area contributed by atoms with Crippen molar-refractivity contribution in [1.29, 1.82) is 0 Å². The Balaban J connectivity index is 1.99. The molecule has 0 heterocycles. The number of anilines is 1. The SMILES string of the molecule is O=C(NC(=S)Nc1ccc(F)c(Cl)c1)c1ccccc1. The minimum Gasteiger partial charge on any atom is -0.332 e. The number of hydrogen-bond acceptors (Lipinski definition) is 2. The number of amides is 1. The van der Waals surface area contributed by atoms with Gasteiger partial charge in [-0.3, -0.25) is 10.1 Å². The third kappa shape index (κ3) is 3.76. The molecule has 0 saturated carbocycles. The second kappa shape index (κ2) is 6.45. The molecule has 0 spiro atoms. The third-order valence-corrected chi connectivity index (χ3v) is 2.93. The number of rotatable bonds is 2. The van der Waals surface area contributed by atoms with Gasteiger partial charge in [0, 0.05) is 11.3 Å². The van der Waals surface area contributed by atoms with Crippen LogP contribution in [0.3, 0.4) is 0 Å². The van der Waals surface area contributed by atoms with Crippen LogP contribution in [0, 0.1) is 5.82 Å². The van der Waals surface area contributed by atoms with E-state index in [-0.39, 0.29) is 16.0 Å². The molecule has 6 heteroatoms. The largest absolute Gasteiger partial charge is 0.332 e. The van der Waals surface area contributed by atoms with Gasteiger partial charge in [0.2, 0.25) is 0 Å². The molecule has 20 heavy (non-hydrogen) atoms. The highest BCUT2D eigenvalue weighted by atomic mass is 35.5. The summed E-state index contributed by atoms with van der Waals surface area (Å²) in [5.74, 6) is -0.840. The Morgan fingerprint density at radius 2 is 1.85 bits per heavy atom. The molecule has 0 unspecified atom stereocenters. The van der Waals surface area contributed by atoms with Gasteiger partial charge < -0.3 is 5.32 Å². The van der Waals surface area contributed by atoms with Crippen molar-refractivity contribution in [3.05, 3.63) is 64.9 Å². The van der Waals surface area contributed by atoms with E-state index >= 15 is 0 Å². The molecule has 0 aliphatic rings. The van der Waals surface area contributed by atoms with Crippen LogP contribution in [-0.2, 0) is 0 Å². The summed E-state index contributed by atoms with van der Waals surface area (Å²) in [6.07, 6.45) is 0. The van der Waals surface area contributed by atoms with E-state index in [4.69, 9.17) is 23.8 Å². The van der Waals surface area contributed by atoms with Gasteiger partial charge in [0.25, 0.3) is 5.91 Å². The molecule has 0 fully saturated rings. The first-order valence-electron chi connectivity index (χ1n) is 5.68. The minimum atomic E-state index is -0.517. The zero-order valence-corrected chi connectivity index (χ0v) is 11.8. The first-order chi connectivity index (χ1) is 9.56. The average Bonchev–Trinajstić information content (AvgIpc) is 2.44. The Bertz CT molecular complexity index is 649. The molecule has 2 aromatic carbocycles. The van der Waals surface area contributed by atoms with Crippen LogP contribution in [0.4, 0.5) is 10.1 Å². The van der Waals surface area contributed by atoms with Gasteiger partial charge in [0.05, 0.1) is 5.02 Å². The van der Waals surface area contributed by atoms with Crippen molar-refractivity contribution < 1.29 is 9.18 Å². The van der Waals surface area contributed by atoms with Crippen LogP contribution in [-0.4, -0.2) is 11.0 Å². The number of halogens is 2. The minimum absolute atomic E-state index is 0.0211. The van der Waals surface area contributed by atoms with Crippen LogP contribution < -0.4 is 10.6 Å². The molecule has 0 saturated heterocycles. The topological polar surface area (TPSA) is 41.1 Å². The van der Waals surface area contributed by atoms with Crippen molar-refractivity contribution in [3.63, 3.8) is 0 Å². The number of nitrogens with one attached hydrogen (secondary N) is 2. The van der Waals surface area contributed by atoms with Crippen molar-refractivity contribution in [3.8, 4) is 0 Å². The zero-order chi connectivity index (χ0) is 14.5. The summed E-state index contributed by atoms with van der Waals surface area (Å²) in [7, 11) is 0. The fourth-order valence-electron chi connectivity index (χ4n) is 1.50. The van der Waals surface area contributed by atoms with Gasteiger partial charge in [-0.05, 0) is 42.5 Å². The molecule has 2 aromatic rings. The molecule has 0 aliphatic carbocycles. The van der Waals surface area contributed by atoms with E-state index in [1.54, 1.807) is 24.3 Å². The van der Waals surface area contributed by atoms with Crippen LogP contribution in [0.5, 0.6) is 0 Å². The monoisotopic (exact) mass is 308 g/mol. The maximum Gasteiger partial charge on any atom is 0.257 e. The van der Waals surface area contributed by atoms with Crippen LogP contribution >= 0.6 is 23.8 Å². The Hall–Kier alpha value is -1.98. The van der Waals surface area contributed by atoms with Gasteiger partial charge in [-0.25, -0.2) is 4.39 Å². The van der Waals surface area contributed by atoms with E-state index in [9.17, 15) is 9.18 Å². The summed E-state index contributed by atoms with van der Waals surface area (Å²) in [6.45, 7) is 0. The van der Waals surface area contributed by atoms with Gasteiger partial charge in [-0.2, -0.15) is 0 Å². The van der Waals surface area contributed by atoms with Gasteiger partial charge in [0.15, 0.2) is 5.11 Å². The molecule has 0 bridgehead atoms. The van der Waals surface area contributed by atoms with Crippen LogP contribution in [0.15, 0.2) is 48.5 Å². The lowest BCUT2D eigenvalue weighted by atomic mass is 10.2. The number of thiocarbonyl (C=S) groups is 1. The number of benzene rings is 2.